The Morgan fingerprint density at radius 1 is 1.19 bits per heavy atom. The van der Waals surface area contributed by atoms with Crippen molar-refractivity contribution in [2.24, 2.45) is 33.7 Å². The van der Waals surface area contributed by atoms with Gasteiger partial charge < -0.3 is 20.6 Å². The van der Waals surface area contributed by atoms with Crippen molar-refractivity contribution in [3.8, 4) is 12.3 Å². The van der Waals surface area contributed by atoms with E-state index in [0.29, 0.717) is 30.7 Å². The molecule has 36 heavy (non-hydrogen) atoms. The van der Waals surface area contributed by atoms with Crippen LogP contribution in [0, 0.1) is 40.9 Å². The van der Waals surface area contributed by atoms with Crippen LogP contribution < -0.4 is 10.6 Å². The number of aliphatic hydroxyl groups is 1. The van der Waals surface area contributed by atoms with E-state index in [1.54, 1.807) is 0 Å². The number of carbonyl (C=O) groups is 2. The summed E-state index contributed by atoms with van der Waals surface area (Å²) in [6, 6.07) is -0.488. The number of amides is 2. The molecule has 3 N–H and O–H groups in total. The van der Waals surface area contributed by atoms with Gasteiger partial charge in [-0.1, -0.05) is 30.5 Å². The smallest absolute Gasteiger partial charge is 0.261 e. The van der Waals surface area contributed by atoms with Crippen molar-refractivity contribution in [1.29, 1.82) is 0 Å². The molecule has 3 saturated carbocycles. The molecule has 5 aliphatic rings. The predicted octanol–water partition coefficient (Wildman–Crippen LogP) is 3.47. The fourth-order valence-electron chi connectivity index (χ4n) is 8.38. The molecule has 1 heterocycles. The van der Waals surface area contributed by atoms with Gasteiger partial charge in [-0.3, -0.25) is 9.59 Å². The Balaban J connectivity index is 1.21. The molecular formula is C29H41N3O4. The molecule has 0 spiro atoms. The molecule has 1 saturated heterocycles. The fourth-order valence-corrected chi connectivity index (χ4v) is 8.38. The molecular weight excluding hydrogens is 454 g/mol. The highest BCUT2D eigenvalue weighted by Gasteiger charge is 2.63. The molecule has 7 heteroatoms. The van der Waals surface area contributed by atoms with E-state index in [2.05, 4.69) is 41.6 Å². The number of rotatable bonds is 4. The highest BCUT2D eigenvalue weighted by Crippen LogP contribution is 2.67. The Labute approximate surface area is 214 Å². The van der Waals surface area contributed by atoms with Crippen LogP contribution in [0.15, 0.2) is 16.8 Å². The van der Waals surface area contributed by atoms with Crippen LogP contribution in [0.1, 0.15) is 84.5 Å². The lowest BCUT2D eigenvalue weighted by Crippen LogP contribution is -2.54. The zero-order valence-corrected chi connectivity index (χ0v) is 21.8. The summed E-state index contributed by atoms with van der Waals surface area (Å²) < 4.78 is 0. The minimum Gasteiger partial charge on any atom is -0.385 e. The van der Waals surface area contributed by atoms with Gasteiger partial charge in [0, 0.05) is 12.0 Å². The van der Waals surface area contributed by atoms with Gasteiger partial charge in [-0.25, -0.2) is 0 Å². The van der Waals surface area contributed by atoms with Gasteiger partial charge in [0.05, 0.1) is 5.71 Å². The van der Waals surface area contributed by atoms with Crippen LogP contribution in [0.2, 0.25) is 0 Å². The second kappa shape index (κ2) is 9.52. The van der Waals surface area contributed by atoms with Crippen molar-refractivity contribution in [3.05, 3.63) is 11.6 Å². The maximum atomic E-state index is 12.3. The molecule has 0 aromatic carbocycles. The summed E-state index contributed by atoms with van der Waals surface area (Å²) in [7, 11) is 0. The van der Waals surface area contributed by atoms with Crippen LogP contribution >= 0.6 is 0 Å². The Hall–Kier alpha value is -2.33. The summed E-state index contributed by atoms with van der Waals surface area (Å²) >= 11 is 0. The number of carbonyl (C=O) groups excluding carboxylic acids is 2. The molecule has 0 unspecified atom stereocenters. The van der Waals surface area contributed by atoms with Gasteiger partial charge in [0.2, 0.25) is 5.91 Å². The first-order chi connectivity index (χ1) is 17.2. The first kappa shape index (κ1) is 25.3. The number of fused-ring (bicyclic) bond motifs is 5. The zero-order valence-electron chi connectivity index (χ0n) is 21.8. The minimum absolute atomic E-state index is 0.122. The Kier molecular flexibility index (Phi) is 6.70. The van der Waals surface area contributed by atoms with Gasteiger partial charge in [-0.2, -0.15) is 0 Å². The molecule has 0 radical (unpaired) electrons. The molecule has 0 aromatic heterocycles. The summed E-state index contributed by atoms with van der Waals surface area (Å²) in [5, 5.41) is 21.1. The summed E-state index contributed by atoms with van der Waals surface area (Å²) in [4.78, 5) is 29.8. The van der Waals surface area contributed by atoms with Crippen molar-refractivity contribution < 1.29 is 19.5 Å². The van der Waals surface area contributed by atoms with E-state index < -0.39 is 11.6 Å². The number of hydrogen-bond donors (Lipinski definition) is 3. The summed E-state index contributed by atoms with van der Waals surface area (Å²) in [5.41, 5.74) is 1.35. The normalized spacial score (nSPS) is 43.1. The molecule has 1 aliphatic heterocycles. The van der Waals surface area contributed by atoms with Crippen molar-refractivity contribution in [1.82, 2.24) is 10.6 Å². The second-order valence-electron chi connectivity index (χ2n) is 12.3. The maximum absolute atomic E-state index is 12.3. The van der Waals surface area contributed by atoms with Crippen LogP contribution in [0.25, 0.3) is 0 Å². The lowest BCUT2D eigenvalue weighted by molar-refractivity contribution is -0.131. The monoisotopic (exact) mass is 495 g/mol. The molecule has 196 valence electrons. The van der Waals surface area contributed by atoms with E-state index in [-0.39, 0.29) is 29.3 Å². The minimum atomic E-state index is -0.963. The van der Waals surface area contributed by atoms with Crippen molar-refractivity contribution in [2.45, 2.75) is 96.1 Å². The number of terminal acetylenes is 1. The predicted molar refractivity (Wildman–Crippen MR) is 138 cm³/mol. The van der Waals surface area contributed by atoms with Crippen LogP contribution in [-0.2, 0) is 14.4 Å². The lowest BCUT2D eigenvalue weighted by Gasteiger charge is -2.58. The van der Waals surface area contributed by atoms with Gasteiger partial charge in [0.1, 0.15) is 11.6 Å². The first-order valence-corrected chi connectivity index (χ1v) is 13.9. The number of nitrogens with zero attached hydrogens (tertiary/aromatic N) is 1. The van der Waals surface area contributed by atoms with Crippen LogP contribution in [0.4, 0.5) is 0 Å². The zero-order chi connectivity index (χ0) is 25.6. The third kappa shape index (κ3) is 4.16. The lowest BCUT2D eigenvalue weighted by atomic mass is 9.46. The topological polar surface area (TPSA) is 100 Å². The third-order valence-corrected chi connectivity index (χ3v) is 10.6. The Bertz CT molecular complexity index is 1010. The largest absolute Gasteiger partial charge is 0.385 e. The molecule has 0 bridgehead atoms. The number of hydrogen-bond acceptors (Lipinski definition) is 5. The first-order valence-electron chi connectivity index (χ1n) is 13.9. The number of oxime groups is 1. The van der Waals surface area contributed by atoms with Gasteiger partial charge in [-0.05, 0) is 99.9 Å². The van der Waals surface area contributed by atoms with E-state index in [0.717, 1.165) is 69.9 Å². The molecule has 2 amide bonds. The maximum Gasteiger partial charge on any atom is 0.261 e. The molecule has 7 atom stereocenters. The molecule has 0 aromatic rings. The summed E-state index contributed by atoms with van der Waals surface area (Å²) in [6.45, 7) is 5.13. The quantitative estimate of drug-likeness (QED) is 0.411. The Morgan fingerprint density at radius 3 is 2.81 bits per heavy atom. The number of nitrogens with one attached hydrogen (secondary N) is 2. The summed E-state index contributed by atoms with van der Waals surface area (Å²) in [6.07, 6.45) is 18.4. The van der Waals surface area contributed by atoms with E-state index in [9.17, 15) is 14.7 Å². The van der Waals surface area contributed by atoms with Gasteiger partial charge in [0.15, 0.2) is 6.61 Å². The van der Waals surface area contributed by atoms with Gasteiger partial charge >= 0.3 is 0 Å². The van der Waals surface area contributed by atoms with Crippen LogP contribution in [0.3, 0.4) is 0 Å². The average Bonchev–Trinajstić information content (AvgIpc) is 2.98. The standard InChI is InChI=1S/C29H41N3O4/c1-4-29(35)15-12-23-21-9-8-19-17-20(10-13-27(19,2)22(21)11-14-28(23,29)3)32-36-18-25(33)31-24-7-5-6-16-30-26(24)34/h1,17,21-24,35H,5-16,18H2,2-3H3,(H,30,34)(H,31,33)/b32-20-/t21-,22-,23+,24+,27-,28-,29+/m0/s1. The molecule has 5 rings (SSSR count). The number of allylic oxidation sites excluding steroid dienone is 2. The van der Waals surface area contributed by atoms with Crippen molar-refractivity contribution in [2.75, 3.05) is 13.2 Å². The average molecular weight is 496 g/mol. The van der Waals surface area contributed by atoms with Crippen molar-refractivity contribution >= 4 is 17.5 Å². The van der Waals surface area contributed by atoms with Crippen LogP contribution in [-0.4, -0.2) is 47.4 Å². The SMILES string of the molecule is C#C[C@@]1(O)CC[C@@H]2[C@H]3CCC4=C/C(=N\OCC(=O)N[C@@H]5CCCCNC5=O)CC[C@]4(C)[C@H]3CC[C@@]21C. The van der Waals surface area contributed by atoms with Gasteiger partial charge in [-0.15, -0.1) is 6.42 Å². The summed E-state index contributed by atoms with van der Waals surface area (Å²) in [5.74, 6) is 4.03. The highest BCUT2D eigenvalue weighted by molar-refractivity contribution is 5.96. The van der Waals surface area contributed by atoms with Crippen LogP contribution in [0.5, 0.6) is 0 Å². The highest BCUT2D eigenvalue weighted by atomic mass is 16.6. The second-order valence-corrected chi connectivity index (χ2v) is 12.3. The van der Waals surface area contributed by atoms with E-state index in [1.165, 1.54) is 5.57 Å². The molecule has 7 nitrogen and oxygen atoms in total. The van der Waals surface area contributed by atoms with Gasteiger partial charge in [0.25, 0.3) is 5.91 Å². The Morgan fingerprint density at radius 2 is 2.00 bits per heavy atom. The van der Waals surface area contributed by atoms with E-state index >= 15 is 0 Å². The van der Waals surface area contributed by atoms with E-state index in [1.807, 2.05) is 0 Å². The third-order valence-electron chi connectivity index (χ3n) is 10.6. The van der Waals surface area contributed by atoms with E-state index in [4.69, 9.17) is 11.3 Å². The van der Waals surface area contributed by atoms with Crippen molar-refractivity contribution in [3.63, 3.8) is 0 Å². The molecule has 4 aliphatic carbocycles. The fraction of sp³-hybridized carbons (Fsp3) is 0.759. The molecule has 4 fully saturated rings.